The molecule has 7 heteroatoms. The molecule has 0 aliphatic rings. The van der Waals surface area contributed by atoms with Gasteiger partial charge in [-0.15, -0.1) is 0 Å². The summed E-state index contributed by atoms with van der Waals surface area (Å²) in [7, 11) is -2.39. The van der Waals surface area contributed by atoms with Gasteiger partial charge in [-0.2, -0.15) is 0 Å². The van der Waals surface area contributed by atoms with Crippen LogP contribution in [-0.4, -0.2) is 38.7 Å². The van der Waals surface area contributed by atoms with Gasteiger partial charge in [0, 0.05) is 7.11 Å². The molecule has 1 unspecified atom stereocenters. The highest BCUT2D eigenvalue weighted by molar-refractivity contribution is 7.89. The van der Waals surface area contributed by atoms with Gasteiger partial charge in [0.2, 0.25) is 10.0 Å². The van der Waals surface area contributed by atoms with E-state index in [1.54, 1.807) is 18.2 Å². The summed E-state index contributed by atoms with van der Waals surface area (Å²) in [6, 6.07) is 7.77. The second-order valence-corrected chi connectivity index (χ2v) is 6.17. The van der Waals surface area contributed by atoms with Crippen molar-refractivity contribution in [3.63, 3.8) is 0 Å². The van der Waals surface area contributed by atoms with Crippen molar-refractivity contribution in [1.29, 1.82) is 0 Å². The van der Waals surface area contributed by atoms with Gasteiger partial charge in [0.25, 0.3) is 0 Å². The van der Waals surface area contributed by atoms with Gasteiger partial charge < -0.3 is 9.84 Å². The first kappa shape index (κ1) is 15.6. The van der Waals surface area contributed by atoms with E-state index in [1.165, 1.54) is 26.2 Å². The van der Waals surface area contributed by atoms with Gasteiger partial charge in [-0.05, 0) is 19.1 Å². The van der Waals surface area contributed by atoms with Crippen molar-refractivity contribution in [2.45, 2.75) is 23.8 Å². The maximum absolute atomic E-state index is 12.1. The molecule has 0 aliphatic heterocycles. The first-order chi connectivity index (χ1) is 8.79. The third-order valence-electron chi connectivity index (χ3n) is 2.44. The van der Waals surface area contributed by atoms with Crippen LogP contribution < -0.4 is 4.72 Å². The molecule has 2 N–H and O–H groups in total. The first-order valence-corrected chi connectivity index (χ1v) is 7.07. The molecule has 6 nitrogen and oxygen atoms in total. The summed E-state index contributed by atoms with van der Waals surface area (Å²) in [6.45, 7) is 1.45. The van der Waals surface area contributed by atoms with E-state index >= 15 is 0 Å². The van der Waals surface area contributed by atoms with E-state index < -0.39 is 21.5 Å². The molecule has 1 aromatic rings. The Morgan fingerprint density at radius 3 is 2.42 bits per heavy atom. The van der Waals surface area contributed by atoms with Crippen LogP contribution in [0.25, 0.3) is 0 Å². The molecule has 0 aromatic heterocycles. The standard InChI is InChI=1S/C12H17NO5S/c1-12(9-18-2,8-11(14)15)13-19(16,17)10-6-4-3-5-7-10/h3-7,13H,8-9H2,1-2H3,(H,14,15). The number of carboxylic acids is 1. The number of carboxylic acid groups (broad SMARTS) is 1. The van der Waals surface area contributed by atoms with Crippen LogP contribution in [0.3, 0.4) is 0 Å². The van der Waals surface area contributed by atoms with Crippen LogP contribution in [-0.2, 0) is 19.6 Å². The molecule has 1 atom stereocenters. The lowest BCUT2D eigenvalue weighted by molar-refractivity contribution is -0.138. The summed E-state index contributed by atoms with van der Waals surface area (Å²) in [6.07, 6.45) is -0.368. The van der Waals surface area contributed by atoms with Crippen LogP contribution >= 0.6 is 0 Å². The normalized spacial score (nSPS) is 14.8. The topological polar surface area (TPSA) is 92.7 Å². The highest BCUT2D eigenvalue weighted by Crippen LogP contribution is 2.16. The van der Waals surface area contributed by atoms with Crippen molar-refractivity contribution in [1.82, 2.24) is 4.72 Å². The predicted octanol–water partition coefficient (Wildman–Crippen LogP) is 0.845. The Labute approximate surface area is 112 Å². The fourth-order valence-electron chi connectivity index (χ4n) is 1.75. The largest absolute Gasteiger partial charge is 0.481 e. The van der Waals surface area contributed by atoms with Crippen molar-refractivity contribution in [2.75, 3.05) is 13.7 Å². The minimum Gasteiger partial charge on any atom is -0.481 e. The lowest BCUT2D eigenvalue weighted by Crippen LogP contribution is -2.50. The average Bonchev–Trinajstić information content (AvgIpc) is 2.28. The minimum atomic E-state index is -3.78. The monoisotopic (exact) mass is 287 g/mol. The molecule has 0 spiro atoms. The highest BCUT2D eigenvalue weighted by atomic mass is 32.2. The zero-order valence-corrected chi connectivity index (χ0v) is 11.6. The van der Waals surface area contributed by atoms with Crippen LogP contribution in [0.5, 0.6) is 0 Å². The van der Waals surface area contributed by atoms with Gasteiger partial charge in [-0.25, -0.2) is 13.1 Å². The number of carbonyl (C=O) groups is 1. The molecule has 0 amide bonds. The van der Waals surface area contributed by atoms with E-state index in [9.17, 15) is 13.2 Å². The Hall–Kier alpha value is -1.44. The highest BCUT2D eigenvalue weighted by Gasteiger charge is 2.33. The molecule has 1 rings (SSSR count). The van der Waals surface area contributed by atoms with E-state index in [0.29, 0.717) is 0 Å². The number of nitrogens with one attached hydrogen (secondary N) is 1. The molecule has 0 fully saturated rings. The van der Waals surface area contributed by atoms with Crippen LogP contribution in [0.15, 0.2) is 35.2 Å². The van der Waals surface area contributed by atoms with Gasteiger partial charge in [0.1, 0.15) is 0 Å². The number of ether oxygens (including phenoxy) is 1. The average molecular weight is 287 g/mol. The summed E-state index contributed by atoms with van der Waals surface area (Å²) in [5.41, 5.74) is -1.20. The number of hydrogen-bond acceptors (Lipinski definition) is 4. The number of aliphatic carboxylic acids is 1. The fourth-order valence-corrected chi connectivity index (χ4v) is 3.17. The minimum absolute atomic E-state index is 0.0363. The van der Waals surface area contributed by atoms with Crippen LogP contribution in [0.4, 0.5) is 0 Å². The SMILES string of the molecule is COCC(C)(CC(=O)O)NS(=O)(=O)c1ccccc1. The smallest absolute Gasteiger partial charge is 0.305 e. The maximum atomic E-state index is 12.1. The van der Waals surface area contributed by atoms with Gasteiger partial charge in [-0.3, -0.25) is 4.79 Å². The number of benzene rings is 1. The van der Waals surface area contributed by atoms with Crippen LogP contribution in [0, 0.1) is 0 Å². The Morgan fingerprint density at radius 2 is 1.95 bits per heavy atom. The Kier molecular flexibility index (Phi) is 5.04. The molecular formula is C12H17NO5S. The summed E-state index contributed by atoms with van der Waals surface area (Å²) in [5.74, 6) is -1.10. The predicted molar refractivity (Wildman–Crippen MR) is 69.3 cm³/mol. The van der Waals surface area contributed by atoms with Gasteiger partial charge in [0.15, 0.2) is 0 Å². The molecule has 0 heterocycles. The van der Waals surface area contributed by atoms with E-state index in [2.05, 4.69) is 4.72 Å². The van der Waals surface area contributed by atoms with Crippen molar-refractivity contribution in [3.05, 3.63) is 30.3 Å². The van der Waals surface area contributed by atoms with E-state index in [4.69, 9.17) is 9.84 Å². The van der Waals surface area contributed by atoms with Crippen LogP contribution in [0.1, 0.15) is 13.3 Å². The molecule has 106 valence electrons. The first-order valence-electron chi connectivity index (χ1n) is 5.59. The summed E-state index contributed by atoms with van der Waals surface area (Å²) in [5, 5.41) is 8.85. The number of rotatable bonds is 7. The molecule has 0 bridgehead atoms. The Bertz CT molecular complexity index is 528. The summed E-state index contributed by atoms with van der Waals surface area (Å²) in [4.78, 5) is 10.9. The van der Waals surface area contributed by atoms with Crippen molar-refractivity contribution in [2.24, 2.45) is 0 Å². The molecular weight excluding hydrogens is 270 g/mol. The number of hydrogen-bond donors (Lipinski definition) is 2. The quantitative estimate of drug-likeness (QED) is 0.775. The lowest BCUT2D eigenvalue weighted by Gasteiger charge is -2.28. The third-order valence-corrected chi connectivity index (χ3v) is 4.09. The Balaban J connectivity index is 2.99. The molecule has 19 heavy (non-hydrogen) atoms. The fraction of sp³-hybridized carbons (Fsp3) is 0.417. The second kappa shape index (κ2) is 6.14. The van der Waals surface area contributed by atoms with Crippen molar-refractivity contribution >= 4 is 16.0 Å². The second-order valence-electron chi connectivity index (χ2n) is 4.48. The van der Waals surface area contributed by atoms with E-state index in [1.807, 2.05) is 0 Å². The molecule has 0 saturated carbocycles. The molecule has 0 saturated heterocycles. The van der Waals surface area contributed by atoms with E-state index in [-0.39, 0.29) is 17.9 Å². The van der Waals surface area contributed by atoms with Crippen molar-refractivity contribution in [3.8, 4) is 0 Å². The Morgan fingerprint density at radius 1 is 1.37 bits per heavy atom. The lowest BCUT2D eigenvalue weighted by atomic mass is 10.0. The number of methoxy groups -OCH3 is 1. The third kappa shape index (κ3) is 4.62. The molecule has 0 radical (unpaired) electrons. The maximum Gasteiger partial charge on any atom is 0.305 e. The summed E-state index contributed by atoms with van der Waals surface area (Å²) >= 11 is 0. The van der Waals surface area contributed by atoms with Crippen molar-refractivity contribution < 1.29 is 23.1 Å². The molecule has 1 aromatic carbocycles. The zero-order chi connectivity index (χ0) is 14.5. The number of sulfonamides is 1. The van der Waals surface area contributed by atoms with Crippen LogP contribution in [0.2, 0.25) is 0 Å². The van der Waals surface area contributed by atoms with Gasteiger partial charge >= 0.3 is 5.97 Å². The van der Waals surface area contributed by atoms with Gasteiger partial charge in [-0.1, -0.05) is 18.2 Å². The molecule has 0 aliphatic carbocycles. The van der Waals surface area contributed by atoms with E-state index in [0.717, 1.165) is 0 Å². The summed E-state index contributed by atoms with van der Waals surface area (Å²) < 4.78 is 31.6. The zero-order valence-electron chi connectivity index (χ0n) is 10.8. The van der Waals surface area contributed by atoms with Gasteiger partial charge in [0.05, 0.1) is 23.5 Å².